The van der Waals surface area contributed by atoms with Crippen LogP contribution in [0.1, 0.15) is 11.1 Å². The Morgan fingerprint density at radius 3 is 2.47 bits per heavy atom. The molecule has 17 heavy (non-hydrogen) atoms. The largest absolute Gasteiger partial charge is 0.489 e. The van der Waals surface area contributed by atoms with Gasteiger partial charge in [-0.25, -0.2) is 0 Å². The highest BCUT2D eigenvalue weighted by atomic mass is 16.5. The van der Waals surface area contributed by atoms with Gasteiger partial charge in [0.1, 0.15) is 12.4 Å². The Labute approximate surface area is 101 Å². The molecule has 2 rings (SSSR count). The quantitative estimate of drug-likeness (QED) is 0.777. The molecule has 2 nitrogen and oxygen atoms in total. The summed E-state index contributed by atoms with van der Waals surface area (Å²) in [5.41, 5.74) is 2.26. The summed E-state index contributed by atoms with van der Waals surface area (Å²) in [6, 6.07) is 18.0. The Morgan fingerprint density at radius 1 is 0.941 bits per heavy atom. The van der Waals surface area contributed by atoms with Crippen molar-refractivity contribution in [3.63, 3.8) is 0 Å². The van der Waals surface area contributed by atoms with Crippen molar-refractivity contribution in [2.45, 2.75) is 13.0 Å². The Balaban J connectivity index is 1.99. The summed E-state index contributed by atoms with van der Waals surface area (Å²) < 4.78 is 5.70. The molecule has 2 aromatic carbocycles. The van der Waals surface area contributed by atoms with Crippen LogP contribution in [0.4, 0.5) is 0 Å². The molecule has 0 aliphatic rings. The second-order valence-corrected chi connectivity index (χ2v) is 3.83. The van der Waals surface area contributed by atoms with E-state index in [1.807, 2.05) is 54.6 Å². The van der Waals surface area contributed by atoms with Crippen molar-refractivity contribution in [1.82, 2.24) is 0 Å². The minimum atomic E-state index is 0.578. The van der Waals surface area contributed by atoms with Crippen LogP contribution >= 0.6 is 0 Å². The zero-order valence-corrected chi connectivity index (χ0v) is 9.60. The normalized spacial score (nSPS) is 9.88. The summed E-state index contributed by atoms with van der Waals surface area (Å²) in [6.45, 7) is 0.578. The molecule has 0 aliphatic heterocycles. The first-order chi connectivity index (χ1) is 8.38. The molecule has 0 bridgehead atoms. The molecule has 0 spiro atoms. The van der Waals surface area contributed by atoms with E-state index in [0.717, 1.165) is 16.9 Å². The predicted molar refractivity (Wildman–Crippen MR) is 69.7 cm³/mol. The number of hydrogen-bond acceptors (Lipinski definition) is 2. The summed E-state index contributed by atoms with van der Waals surface area (Å²) in [4.78, 5) is 0. The molecule has 0 saturated heterocycles. The van der Waals surface area contributed by atoms with Crippen LogP contribution in [0.5, 0.6) is 5.75 Å². The van der Waals surface area contributed by atoms with Gasteiger partial charge >= 0.3 is 0 Å². The first-order valence-electron chi connectivity index (χ1n) is 5.63. The minimum Gasteiger partial charge on any atom is -0.489 e. The van der Waals surface area contributed by atoms with Gasteiger partial charge in [0.15, 0.2) is 0 Å². The van der Waals surface area contributed by atoms with E-state index in [-0.39, 0.29) is 0 Å². The predicted octanol–water partition coefficient (Wildman–Crippen LogP) is 3.46. The lowest BCUT2D eigenvalue weighted by Gasteiger charge is -2.07. The zero-order valence-electron chi connectivity index (χ0n) is 9.60. The van der Waals surface area contributed by atoms with Gasteiger partial charge in [-0.05, 0) is 29.5 Å². The fraction of sp³-hybridized carbons (Fsp3) is 0.133. The molecule has 0 radical (unpaired) electrons. The highest BCUT2D eigenvalue weighted by Crippen LogP contribution is 2.15. The van der Waals surface area contributed by atoms with E-state index in [1.54, 1.807) is 0 Å². The molecule has 0 saturated carbocycles. The second kappa shape index (κ2) is 5.85. The smallest absolute Gasteiger partial charge is 0.120 e. The standard InChI is InChI=1S/C15H15NO/c16-10-9-13-7-4-8-15(11-13)17-12-14-5-2-1-3-6-14/h1-8,10-11,16H,9,12H2. The summed E-state index contributed by atoms with van der Waals surface area (Å²) in [5.74, 6) is 0.855. The molecule has 0 heterocycles. The van der Waals surface area contributed by atoms with Gasteiger partial charge in [0, 0.05) is 6.42 Å². The van der Waals surface area contributed by atoms with E-state index >= 15 is 0 Å². The third-order valence-electron chi connectivity index (χ3n) is 2.48. The van der Waals surface area contributed by atoms with Crippen LogP contribution in [-0.2, 0) is 13.0 Å². The molecule has 2 aromatic rings. The lowest BCUT2D eigenvalue weighted by Crippen LogP contribution is -1.95. The monoisotopic (exact) mass is 225 g/mol. The first kappa shape index (κ1) is 11.4. The fourth-order valence-electron chi connectivity index (χ4n) is 1.62. The van der Waals surface area contributed by atoms with Crippen molar-refractivity contribution in [2.75, 3.05) is 0 Å². The maximum absolute atomic E-state index is 7.08. The van der Waals surface area contributed by atoms with Gasteiger partial charge in [0.25, 0.3) is 0 Å². The molecule has 1 N–H and O–H groups in total. The molecule has 0 amide bonds. The lowest BCUT2D eigenvalue weighted by molar-refractivity contribution is 0.306. The maximum atomic E-state index is 7.08. The van der Waals surface area contributed by atoms with Crippen molar-refractivity contribution in [3.05, 3.63) is 65.7 Å². The summed E-state index contributed by atoms with van der Waals surface area (Å²) in [7, 11) is 0. The van der Waals surface area contributed by atoms with Crippen LogP contribution in [0.15, 0.2) is 54.6 Å². The molecule has 86 valence electrons. The van der Waals surface area contributed by atoms with E-state index in [2.05, 4.69) is 0 Å². The molecule has 0 aromatic heterocycles. The van der Waals surface area contributed by atoms with E-state index in [1.165, 1.54) is 6.21 Å². The zero-order chi connectivity index (χ0) is 11.9. The number of rotatable bonds is 5. The third kappa shape index (κ3) is 3.45. The van der Waals surface area contributed by atoms with Crippen molar-refractivity contribution < 1.29 is 4.74 Å². The summed E-state index contributed by atoms with van der Waals surface area (Å²) in [6.07, 6.45) is 2.05. The third-order valence-corrected chi connectivity index (χ3v) is 2.48. The highest BCUT2D eigenvalue weighted by Gasteiger charge is 1.97. The van der Waals surface area contributed by atoms with Gasteiger partial charge in [-0.3, -0.25) is 0 Å². The highest BCUT2D eigenvalue weighted by molar-refractivity contribution is 5.58. The average Bonchev–Trinajstić information content (AvgIpc) is 2.39. The van der Waals surface area contributed by atoms with Crippen LogP contribution in [0.25, 0.3) is 0 Å². The average molecular weight is 225 g/mol. The van der Waals surface area contributed by atoms with E-state index < -0.39 is 0 Å². The molecular formula is C15H15NO. The molecule has 0 unspecified atom stereocenters. The summed E-state index contributed by atoms with van der Waals surface area (Å²) in [5, 5.41) is 7.08. The van der Waals surface area contributed by atoms with Crippen molar-refractivity contribution in [3.8, 4) is 5.75 Å². The Kier molecular flexibility index (Phi) is 3.92. The SMILES string of the molecule is N=CCc1cccc(OCc2ccccc2)c1. The molecular weight excluding hydrogens is 210 g/mol. The molecule has 0 fully saturated rings. The topological polar surface area (TPSA) is 33.1 Å². The maximum Gasteiger partial charge on any atom is 0.120 e. The van der Waals surface area contributed by atoms with Crippen molar-refractivity contribution in [2.24, 2.45) is 0 Å². The number of benzene rings is 2. The van der Waals surface area contributed by atoms with Crippen LogP contribution in [0.2, 0.25) is 0 Å². The van der Waals surface area contributed by atoms with Gasteiger partial charge in [0.2, 0.25) is 0 Å². The first-order valence-corrected chi connectivity index (χ1v) is 5.63. The van der Waals surface area contributed by atoms with Gasteiger partial charge in [-0.15, -0.1) is 0 Å². The Hall–Kier alpha value is -2.09. The van der Waals surface area contributed by atoms with E-state index in [4.69, 9.17) is 10.1 Å². The van der Waals surface area contributed by atoms with Crippen LogP contribution < -0.4 is 4.74 Å². The molecule has 0 aliphatic carbocycles. The van der Waals surface area contributed by atoms with Crippen LogP contribution in [0.3, 0.4) is 0 Å². The Bertz CT molecular complexity index is 479. The van der Waals surface area contributed by atoms with Crippen molar-refractivity contribution in [1.29, 1.82) is 5.41 Å². The van der Waals surface area contributed by atoms with Crippen LogP contribution in [-0.4, -0.2) is 6.21 Å². The number of ether oxygens (including phenoxy) is 1. The van der Waals surface area contributed by atoms with Crippen LogP contribution in [0, 0.1) is 5.41 Å². The Morgan fingerprint density at radius 2 is 1.71 bits per heavy atom. The fourth-order valence-corrected chi connectivity index (χ4v) is 1.62. The minimum absolute atomic E-state index is 0.578. The van der Waals surface area contributed by atoms with Gasteiger partial charge in [-0.2, -0.15) is 0 Å². The van der Waals surface area contributed by atoms with Gasteiger partial charge in [-0.1, -0.05) is 42.5 Å². The second-order valence-electron chi connectivity index (χ2n) is 3.83. The van der Waals surface area contributed by atoms with Gasteiger partial charge < -0.3 is 10.1 Å². The summed E-state index contributed by atoms with van der Waals surface area (Å²) >= 11 is 0. The number of hydrogen-bond donors (Lipinski definition) is 1. The van der Waals surface area contributed by atoms with Crippen molar-refractivity contribution >= 4 is 6.21 Å². The molecule has 2 heteroatoms. The van der Waals surface area contributed by atoms with E-state index in [0.29, 0.717) is 13.0 Å². The van der Waals surface area contributed by atoms with E-state index in [9.17, 15) is 0 Å². The molecule has 0 atom stereocenters. The number of nitrogens with one attached hydrogen (secondary N) is 1. The van der Waals surface area contributed by atoms with Gasteiger partial charge in [0.05, 0.1) is 0 Å². The lowest BCUT2D eigenvalue weighted by atomic mass is 10.1.